The van der Waals surface area contributed by atoms with Crippen LogP contribution in [0.1, 0.15) is 16.5 Å². The molecule has 0 saturated carbocycles. The molecule has 18 heavy (non-hydrogen) atoms. The summed E-state index contributed by atoms with van der Waals surface area (Å²) >= 11 is 16.3. The van der Waals surface area contributed by atoms with Crippen molar-refractivity contribution in [3.63, 3.8) is 0 Å². The Morgan fingerprint density at radius 3 is 2.72 bits per heavy atom. The quantitative estimate of drug-likeness (QED) is 0.784. The first-order valence-electron chi connectivity index (χ1n) is 5.04. The second kappa shape index (κ2) is 5.88. The topological polar surface area (TPSA) is 20.2 Å². The summed E-state index contributed by atoms with van der Waals surface area (Å²) in [5, 5.41) is 10.1. The lowest BCUT2D eigenvalue weighted by atomic mass is 10.1. The smallest absolute Gasteiger partial charge is 0.142 e. The molecule has 0 aliphatic heterocycles. The van der Waals surface area contributed by atoms with Gasteiger partial charge in [0, 0.05) is 15.8 Å². The molecule has 0 saturated heterocycles. The number of halogens is 4. The molecule has 1 N–H and O–H groups in total. The van der Waals surface area contributed by atoms with Crippen LogP contribution in [0.5, 0.6) is 0 Å². The highest BCUT2D eigenvalue weighted by Gasteiger charge is 2.16. The Hall–Kier alpha value is -0.130. The van der Waals surface area contributed by atoms with Crippen LogP contribution in [0.25, 0.3) is 0 Å². The minimum Gasteiger partial charge on any atom is -0.387 e. The van der Waals surface area contributed by atoms with E-state index >= 15 is 0 Å². The fraction of sp³-hybridized carbons (Fsp3) is 0.167. The van der Waals surface area contributed by atoms with E-state index in [0.717, 1.165) is 4.47 Å². The summed E-state index contributed by atoms with van der Waals surface area (Å²) < 4.78 is 14.6. The van der Waals surface area contributed by atoms with Gasteiger partial charge in [0.05, 0.1) is 11.1 Å². The largest absolute Gasteiger partial charge is 0.387 e. The van der Waals surface area contributed by atoms with Gasteiger partial charge in [-0.05, 0) is 33.6 Å². The number of aliphatic hydroxyl groups excluding tert-OH is 1. The predicted molar refractivity (Wildman–Crippen MR) is 77.1 cm³/mol. The molecule has 1 atom stereocenters. The molecule has 1 unspecified atom stereocenters. The molecule has 0 amide bonds. The van der Waals surface area contributed by atoms with E-state index in [1.54, 1.807) is 18.2 Å². The van der Waals surface area contributed by atoms with Crippen LogP contribution in [0, 0.1) is 5.82 Å². The van der Waals surface area contributed by atoms with Crippen LogP contribution in [-0.2, 0) is 6.42 Å². The summed E-state index contributed by atoms with van der Waals surface area (Å²) in [6.07, 6.45) is -0.502. The molecule has 0 spiro atoms. The van der Waals surface area contributed by atoms with Crippen LogP contribution in [0.3, 0.4) is 0 Å². The van der Waals surface area contributed by atoms with Crippen molar-refractivity contribution in [1.29, 1.82) is 0 Å². The van der Waals surface area contributed by atoms with Crippen LogP contribution >= 0.6 is 50.5 Å². The molecule has 2 rings (SSSR count). The average Bonchev–Trinajstić information content (AvgIpc) is 2.66. The maximum Gasteiger partial charge on any atom is 0.142 e. The molecule has 1 aromatic carbocycles. The summed E-state index contributed by atoms with van der Waals surface area (Å²) in [4.78, 5) is 0.715. The molecule has 2 aromatic rings. The van der Waals surface area contributed by atoms with Crippen LogP contribution in [-0.4, -0.2) is 5.11 Å². The molecule has 0 fully saturated rings. The molecule has 0 bridgehead atoms. The number of rotatable bonds is 3. The molecule has 0 aliphatic carbocycles. The van der Waals surface area contributed by atoms with E-state index in [1.807, 2.05) is 0 Å². The average molecular weight is 370 g/mol. The van der Waals surface area contributed by atoms with Gasteiger partial charge in [-0.1, -0.05) is 35.3 Å². The van der Waals surface area contributed by atoms with E-state index in [2.05, 4.69) is 15.9 Å². The Labute approximate surface area is 126 Å². The van der Waals surface area contributed by atoms with Crippen molar-refractivity contribution in [2.75, 3.05) is 0 Å². The zero-order valence-electron chi connectivity index (χ0n) is 8.96. The van der Waals surface area contributed by atoms with Gasteiger partial charge in [0.25, 0.3) is 0 Å². The number of thiophene rings is 1. The van der Waals surface area contributed by atoms with E-state index in [4.69, 9.17) is 23.2 Å². The second-order valence-electron chi connectivity index (χ2n) is 3.70. The summed E-state index contributed by atoms with van der Waals surface area (Å²) in [6, 6.07) is 6.31. The lowest BCUT2D eigenvalue weighted by molar-refractivity contribution is 0.182. The molecule has 1 heterocycles. The van der Waals surface area contributed by atoms with Gasteiger partial charge in [0.15, 0.2) is 0 Å². The van der Waals surface area contributed by atoms with Crippen LogP contribution < -0.4 is 0 Å². The van der Waals surface area contributed by atoms with Crippen LogP contribution in [0.4, 0.5) is 4.39 Å². The molecular formula is C12H8BrCl2FOS. The number of aliphatic hydroxyl groups is 1. The van der Waals surface area contributed by atoms with Crippen molar-refractivity contribution in [2.45, 2.75) is 12.5 Å². The maximum atomic E-state index is 13.3. The van der Waals surface area contributed by atoms with Gasteiger partial charge >= 0.3 is 0 Å². The van der Waals surface area contributed by atoms with Crippen LogP contribution in [0.2, 0.25) is 9.36 Å². The monoisotopic (exact) mass is 368 g/mol. The number of benzene rings is 1. The van der Waals surface area contributed by atoms with Crippen molar-refractivity contribution in [1.82, 2.24) is 0 Å². The molecule has 1 aromatic heterocycles. The first kappa shape index (κ1) is 14.3. The van der Waals surface area contributed by atoms with Crippen molar-refractivity contribution < 1.29 is 9.50 Å². The van der Waals surface area contributed by atoms with E-state index < -0.39 is 11.9 Å². The van der Waals surface area contributed by atoms with Crippen molar-refractivity contribution in [2.24, 2.45) is 0 Å². The van der Waals surface area contributed by atoms with Gasteiger partial charge in [0.2, 0.25) is 0 Å². The minimum absolute atomic E-state index is 0.0540. The zero-order chi connectivity index (χ0) is 13.3. The third-order valence-electron chi connectivity index (χ3n) is 2.44. The highest BCUT2D eigenvalue weighted by molar-refractivity contribution is 9.10. The molecule has 96 valence electrons. The Kier molecular flexibility index (Phi) is 4.67. The third kappa shape index (κ3) is 3.06. The Balaban J connectivity index is 2.21. The second-order valence-corrected chi connectivity index (χ2v) is 6.62. The Morgan fingerprint density at radius 1 is 1.39 bits per heavy atom. The zero-order valence-corrected chi connectivity index (χ0v) is 12.9. The van der Waals surface area contributed by atoms with Gasteiger partial charge in [-0.25, -0.2) is 4.39 Å². The minimum atomic E-state index is -0.752. The van der Waals surface area contributed by atoms with E-state index in [0.29, 0.717) is 14.8 Å². The van der Waals surface area contributed by atoms with Gasteiger partial charge in [-0.2, -0.15) is 0 Å². The van der Waals surface area contributed by atoms with Crippen LogP contribution in [0.15, 0.2) is 28.7 Å². The van der Waals surface area contributed by atoms with E-state index in [-0.39, 0.29) is 11.4 Å². The summed E-state index contributed by atoms with van der Waals surface area (Å²) in [7, 11) is 0. The van der Waals surface area contributed by atoms with Gasteiger partial charge < -0.3 is 5.11 Å². The molecule has 0 aliphatic rings. The maximum absolute atomic E-state index is 13.3. The molecular weight excluding hydrogens is 362 g/mol. The van der Waals surface area contributed by atoms with Crippen molar-refractivity contribution >= 4 is 50.5 Å². The van der Waals surface area contributed by atoms with Gasteiger partial charge in [-0.15, -0.1) is 11.3 Å². The van der Waals surface area contributed by atoms with E-state index in [1.165, 1.54) is 17.4 Å². The van der Waals surface area contributed by atoms with Gasteiger partial charge in [-0.3, -0.25) is 0 Å². The summed E-state index contributed by atoms with van der Waals surface area (Å²) in [5.74, 6) is -0.480. The van der Waals surface area contributed by atoms with E-state index in [9.17, 15) is 9.50 Å². The normalized spacial score (nSPS) is 12.7. The van der Waals surface area contributed by atoms with Crippen molar-refractivity contribution in [3.05, 3.63) is 54.4 Å². The fourth-order valence-electron chi connectivity index (χ4n) is 1.54. The lowest BCUT2D eigenvalue weighted by Crippen LogP contribution is -2.00. The van der Waals surface area contributed by atoms with Gasteiger partial charge in [0.1, 0.15) is 10.2 Å². The SMILES string of the molecule is OC(Cc1cccc(F)c1Cl)c1cc(Br)c(Cl)s1. The number of hydrogen-bond acceptors (Lipinski definition) is 2. The highest BCUT2D eigenvalue weighted by Crippen LogP contribution is 2.36. The standard InChI is InChI=1S/C12H8BrCl2FOS/c13-7-5-10(18-12(7)15)9(17)4-6-2-1-3-8(16)11(6)14/h1-3,5,9,17H,4H2. The Morgan fingerprint density at radius 2 is 2.11 bits per heavy atom. The number of hydrogen-bond donors (Lipinski definition) is 1. The Bertz CT molecular complexity index is 554. The summed E-state index contributed by atoms with van der Waals surface area (Å²) in [6.45, 7) is 0. The highest BCUT2D eigenvalue weighted by atomic mass is 79.9. The lowest BCUT2D eigenvalue weighted by Gasteiger charge is -2.10. The third-order valence-corrected chi connectivity index (χ3v) is 5.44. The predicted octanol–water partition coefficient (Wildman–Crippen LogP) is 5.23. The first-order valence-corrected chi connectivity index (χ1v) is 7.41. The van der Waals surface area contributed by atoms with Crippen molar-refractivity contribution in [3.8, 4) is 0 Å². The molecule has 0 radical (unpaired) electrons. The molecule has 1 nitrogen and oxygen atoms in total. The summed E-state index contributed by atoms with van der Waals surface area (Å²) in [5.41, 5.74) is 0.574. The molecule has 6 heteroatoms. The fourth-order valence-corrected chi connectivity index (χ4v) is 3.47. The first-order chi connectivity index (χ1) is 8.49.